The topological polar surface area (TPSA) is 20.3 Å². The second-order valence-corrected chi connectivity index (χ2v) is 6.40. The van der Waals surface area contributed by atoms with E-state index in [0.29, 0.717) is 5.92 Å². The molecule has 0 saturated carbocycles. The minimum Gasteiger partial charge on any atom is -0.339 e. The van der Waals surface area contributed by atoms with Crippen LogP contribution in [0.25, 0.3) is 0 Å². The summed E-state index contributed by atoms with van der Waals surface area (Å²) >= 11 is 3.42. The maximum absolute atomic E-state index is 12.5. The maximum Gasteiger partial charge on any atom is 0.253 e. The van der Waals surface area contributed by atoms with Gasteiger partial charge in [-0.15, -0.1) is 0 Å². The number of amides is 1. The minimum atomic E-state index is 0.141. The fourth-order valence-electron chi connectivity index (χ4n) is 2.95. The van der Waals surface area contributed by atoms with Gasteiger partial charge in [0, 0.05) is 23.1 Å². The molecule has 1 aliphatic heterocycles. The monoisotopic (exact) mass is 343 g/mol. The number of benzene rings is 2. The first kappa shape index (κ1) is 14.3. The van der Waals surface area contributed by atoms with Crippen LogP contribution in [-0.2, 0) is 0 Å². The Labute approximate surface area is 133 Å². The lowest BCUT2D eigenvalue weighted by molar-refractivity contribution is 0.0713. The normalized spacial score (nSPS) is 16.0. The molecule has 0 bridgehead atoms. The van der Waals surface area contributed by atoms with Crippen molar-refractivity contribution < 1.29 is 4.79 Å². The van der Waals surface area contributed by atoms with Gasteiger partial charge in [0.05, 0.1) is 0 Å². The summed E-state index contributed by atoms with van der Waals surface area (Å²) in [4.78, 5) is 14.5. The molecule has 0 unspecified atom stereocenters. The lowest BCUT2D eigenvalue weighted by Gasteiger charge is -2.32. The molecule has 3 rings (SSSR count). The average molecular weight is 344 g/mol. The number of rotatable bonds is 2. The van der Waals surface area contributed by atoms with E-state index in [9.17, 15) is 4.79 Å². The summed E-state index contributed by atoms with van der Waals surface area (Å²) in [6, 6.07) is 18.2. The quantitative estimate of drug-likeness (QED) is 0.787. The predicted octanol–water partition coefficient (Wildman–Crippen LogP) is 4.47. The van der Waals surface area contributed by atoms with Crippen molar-refractivity contribution >= 4 is 21.8 Å². The highest BCUT2D eigenvalue weighted by Gasteiger charge is 2.24. The summed E-state index contributed by atoms with van der Waals surface area (Å²) in [5, 5.41) is 0. The van der Waals surface area contributed by atoms with Crippen molar-refractivity contribution in [1.29, 1.82) is 0 Å². The molecule has 2 nitrogen and oxygen atoms in total. The second-order valence-electron chi connectivity index (χ2n) is 5.49. The highest BCUT2D eigenvalue weighted by Crippen LogP contribution is 2.28. The fraction of sp³-hybridized carbons (Fsp3) is 0.278. The molecular formula is C18H18BrNO. The first-order chi connectivity index (χ1) is 10.2. The van der Waals surface area contributed by atoms with Crippen LogP contribution in [0.5, 0.6) is 0 Å². The van der Waals surface area contributed by atoms with Crippen LogP contribution in [0.1, 0.15) is 34.7 Å². The highest BCUT2D eigenvalue weighted by molar-refractivity contribution is 9.10. The van der Waals surface area contributed by atoms with E-state index in [2.05, 4.69) is 46.3 Å². The molecular weight excluding hydrogens is 326 g/mol. The van der Waals surface area contributed by atoms with Crippen molar-refractivity contribution in [1.82, 2.24) is 4.90 Å². The molecule has 1 aliphatic rings. The zero-order valence-corrected chi connectivity index (χ0v) is 13.4. The molecule has 3 heteroatoms. The molecule has 21 heavy (non-hydrogen) atoms. The van der Waals surface area contributed by atoms with Crippen molar-refractivity contribution in [2.24, 2.45) is 0 Å². The van der Waals surface area contributed by atoms with Crippen molar-refractivity contribution in [3.05, 3.63) is 70.2 Å². The number of carbonyl (C=O) groups is 1. The van der Waals surface area contributed by atoms with Crippen molar-refractivity contribution in [2.45, 2.75) is 18.8 Å². The van der Waals surface area contributed by atoms with Gasteiger partial charge >= 0.3 is 0 Å². The Bertz CT molecular complexity index is 618. The Morgan fingerprint density at radius 2 is 1.71 bits per heavy atom. The van der Waals surface area contributed by atoms with Gasteiger partial charge in [-0.1, -0.05) is 52.3 Å². The van der Waals surface area contributed by atoms with E-state index in [1.807, 2.05) is 29.2 Å². The van der Waals surface area contributed by atoms with Crippen LogP contribution < -0.4 is 0 Å². The Kier molecular flexibility index (Phi) is 4.39. The Balaban J connectivity index is 1.64. The minimum absolute atomic E-state index is 0.141. The van der Waals surface area contributed by atoms with Gasteiger partial charge in [0.15, 0.2) is 0 Å². The Morgan fingerprint density at radius 3 is 2.38 bits per heavy atom. The summed E-state index contributed by atoms with van der Waals surface area (Å²) in [6.45, 7) is 1.68. The number of hydrogen-bond donors (Lipinski definition) is 0. The fourth-order valence-corrected chi connectivity index (χ4v) is 3.34. The zero-order chi connectivity index (χ0) is 14.7. The standard InChI is InChI=1S/C18H18BrNO/c19-17-8-4-7-16(13-17)18(21)20-11-9-15(10-12-20)14-5-2-1-3-6-14/h1-8,13,15H,9-12H2. The van der Waals surface area contributed by atoms with Gasteiger partial charge in [-0.25, -0.2) is 0 Å². The van der Waals surface area contributed by atoms with E-state index in [0.717, 1.165) is 36.0 Å². The molecule has 0 aliphatic carbocycles. The van der Waals surface area contributed by atoms with Crippen LogP contribution in [0.15, 0.2) is 59.1 Å². The summed E-state index contributed by atoms with van der Waals surface area (Å²) in [7, 11) is 0. The number of halogens is 1. The Hall–Kier alpha value is -1.61. The number of carbonyl (C=O) groups excluding carboxylic acids is 1. The lowest BCUT2D eigenvalue weighted by Crippen LogP contribution is -2.37. The molecule has 1 heterocycles. The van der Waals surface area contributed by atoms with Crippen molar-refractivity contribution in [3.63, 3.8) is 0 Å². The average Bonchev–Trinajstić information content (AvgIpc) is 2.55. The van der Waals surface area contributed by atoms with Gasteiger partial charge in [0.2, 0.25) is 0 Å². The van der Waals surface area contributed by atoms with Crippen molar-refractivity contribution in [2.75, 3.05) is 13.1 Å². The van der Waals surface area contributed by atoms with Crippen LogP contribution in [0.2, 0.25) is 0 Å². The smallest absolute Gasteiger partial charge is 0.253 e. The van der Waals surface area contributed by atoms with Gasteiger partial charge in [-0.05, 0) is 42.5 Å². The number of likely N-dealkylation sites (tertiary alicyclic amines) is 1. The van der Waals surface area contributed by atoms with Gasteiger partial charge in [0.1, 0.15) is 0 Å². The molecule has 0 radical (unpaired) electrons. The van der Waals surface area contributed by atoms with Crippen LogP contribution in [0.3, 0.4) is 0 Å². The number of piperidine rings is 1. The van der Waals surface area contributed by atoms with Gasteiger partial charge in [-0.3, -0.25) is 4.79 Å². The largest absolute Gasteiger partial charge is 0.339 e. The number of hydrogen-bond acceptors (Lipinski definition) is 1. The summed E-state index contributed by atoms with van der Waals surface area (Å²) in [6.07, 6.45) is 2.09. The van der Waals surface area contributed by atoms with E-state index >= 15 is 0 Å². The van der Waals surface area contributed by atoms with Gasteiger partial charge < -0.3 is 4.90 Å². The maximum atomic E-state index is 12.5. The lowest BCUT2D eigenvalue weighted by atomic mass is 9.89. The van der Waals surface area contributed by atoms with Crippen LogP contribution >= 0.6 is 15.9 Å². The molecule has 108 valence electrons. The predicted molar refractivity (Wildman–Crippen MR) is 88.5 cm³/mol. The van der Waals surface area contributed by atoms with Crippen LogP contribution in [0, 0.1) is 0 Å². The molecule has 0 aromatic heterocycles. The molecule has 1 fully saturated rings. The summed E-state index contributed by atoms with van der Waals surface area (Å²) in [5.74, 6) is 0.723. The van der Waals surface area contributed by atoms with E-state index in [1.165, 1.54) is 5.56 Å². The van der Waals surface area contributed by atoms with E-state index < -0.39 is 0 Å². The third-order valence-corrected chi connectivity index (χ3v) is 4.62. The highest BCUT2D eigenvalue weighted by atomic mass is 79.9. The molecule has 0 atom stereocenters. The molecule has 1 saturated heterocycles. The number of nitrogens with zero attached hydrogens (tertiary/aromatic N) is 1. The van der Waals surface area contributed by atoms with Gasteiger partial charge in [0.25, 0.3) is 5.91 Å². The van der Waals surface area contributed by atoms with Crippen LogP contribution in [-0.4, -0.2) is 23.9 Å². The molecule has 2 aromatic carbocycles. The first-order valence-electron chi connectivity index (χ1n) is 7.34. The summed E-state index contributed by atoms with van der Waals surface area (Å²) < 4.78 is 0.951. The Morgan fingerprint density at radius 1 is 1.00 bits per heavy atom. The molecule has 1 amide bonds. The third-order valence-electron chi connectivity index (χ3n) is 4.12. The zero-order valence-electron chi connectivity index (χ0n) is 11.8. The van der Waals surface area contributed by atoms with Crippen molar-refractivity contribution in [3.8, 4) is 0 Å². The van der Waals surface area contributed by atoms with E-state index in [4.69, 9.17) is 0 Å². The SMILES string of the molecule is O=C(c1cccc(Br)c1)N1CCC(c2ccccc2)CC1. The summed E-state index contributed by atoms with van der Waals surface area (Å²) in [5.41, 5.74) is 2.16. The first-order valence-corrected chi connectivity index (χ1v) is 8.13. The molecule has 2 aromatic rings. The third kappa shape index (κ3) is 3.35. The second kappa shape index (κ2) is 6.44. The van der Waals surface area contributed by atoms with Crippen LogP contribution in [0.4, 0.5) is 0 Å². The van der Waals surface area contributed by atoms with Gasteiger partial charge in [-0.2, -0.15) is 0 Å². The molecule has 0 N–H and O–H groups in total. The van der Waals surface area contributed by atoms with E-state index in [1.54, 1.807) is 0 Å². The van der Waals surface area contributed by atoms with E-state index in [-0.39, 0.29) is 5.91 Å². The molecule has 0 spiro atoms.